The lowest BCUT2D eigenvalue weighted by molar-refractivity contribution is -0.143. The number of carbonyl (C=O) groups is 5. The highest BCUT2D eigenvalue weighted by Gasteiger charge is 2.31. The Hall–Kier alpha value is -3.67. The number of nitrogens with two attached hydrogens (primary N) is 1. The highest BCUT2D eigenvalue weighted by Crippen LogP contribution is 2.12. The Kier molecular flexibility index (Phi) is 11.0. The number of rotatable bonds is 13. The van der Waals surface area contributed by atoms with Gasteiger partial charge in [0.15, 0.2) is 0 Å². The van der Waals surface area contributed by atoms with Gasteiger partial charge in [-0.25, -0.2) is 4.79 Å². The normalized spacial score (nSPS) is 14.4. The lowest BCUT2D eigenvalue weighted by atomic mass is 10.0. The molecule has 0 aliphatic carbocycles. The van der Waals surface area contributed by atoms with Gasteiger partial charge < -0.3 is 37.0 Å². The van der Waals surface area contributed by atoms with Crippen LogP contribution in [-0.2, 0) is 30.4 Å². The molecule has 0 aliphatic rings. The van der Waals surface area contributed by atoms with Gasteiger partial charge in [-0.15, -0.1) is 0 Å². The van der Waals surface area contributed by atoms with Crippen molar-refractivity contribution in [3.05, 3.63) is 29.8 Å². The maximum absolute atomic E-state index is 12.9. The summed E-state index contributed by atoms with van der Waals surface area (Å²) in [6.07, 6.45) is -0.682. The van der Waals surface area contributed by atoms with E-state index in [1.807, 2.05) is 0 Å². The van der Waals surface area contributed by atoms with Crippen LogP contribution in [0.4, 0.5) is 0 Å². The zero-order chi connectivity index (χ0) is 26.0. The number of hydrogen-bond acceptors (Lipinski definition) is 7. The van der Waals surface area contributed by atoms with Crippen LogP contribution in [0.15, 0.2) is 24.3 Å². The molecule has 4 atom stereocenters. The maximum Gasteiger partial charge on any atom is 0.326 e. The van der Waals surface area contributed by atoms with Crippen molar-refractivity contribution >= 4 is 29.7 Å². The van der Waals surface area contributed by atoms with Crippen LogP contribution >= 0.6 is 0 Å². The van der Waals surface area contributed by atoms with E-state index in [0.29, 0.717) is 5.56 Å². The Morgan fingerprint density at radius 2 is 1.32 bits per heavy atom. The second kappa shape index (κ2) is 13.1. The minimum Gasteiger partial charge on any atom is -0.508 e. The van der Waals surface area contributed by atoms with Crippen LogP contribution in [0.1, 0.15) is 39.2 Å². The molecule has 0 heterocycles. The summed E-state index contributed by atoms with van der Waals surface area (Å²) in [5.41, 5.74) is 6.01. The zero-order valence-electron chi connectivity index (χ0n) is 19.3. The molecule has 1 aromatic carbocycles. The number of carboxylic acid groups (broad SMARTS) is 2. The molecule has 12 heteroatoms. The van der Waals surface area contributed by atoms with Crippen molar-refractivity contribution < 1.29 is 39.3 Å². The third kappa shape index (κ3) is 9.86. The molecule has 0 radical (unpaired) electrons. The number of benzene rings is 1. The Morgan fingerprint density at radius 3 is 1.79 bits per heavy atom. The summed E-state index contributed by atoms with van der Waals surface area (Å²) < 4.78 is 0. The number of amides is 3. The molecule has 3 amide bonds. The molecule has 34 heavy (non-hydrogen) atoms. The maximum atomic E-state index is 12.9. The van der Waals surface area contributed by atoms with E-state index in [4.69, 9.17) is 10.8 Å². The molecule has 0 spiro atoms. The number of aliphatic carboxylic acids is 2. The van der Waals surface area contributed by atoms with E-state index in [0.717, 1.165) is 0 Å². The first kappa shape index (κ1) is 28.4. The van der Waals surface area contributed by atoms with Crippen molar-refractivity contribution in [1.29, 1.82) is 0 Å². The zero-order valence-corrected chi connectivity index (χ0v) is 19.3. The molecule has 8 N–H and O–H groups in total. The third-order valence-electron chi connectivity index (χ3n) is 4.76. The lowest BCUT2D eigenvalue weighted by Crippen LogP contribution is -2.57. The van der Waals surface area contributed by atoms with E-state index in [9.17, 15) is 34.2 Å². The van der Waals surface area contributed by atoms with Crippen molar-refractivity contribution in [2.24, 2.45) is 11.7 Å². The van der Waals surface area contributed by atoms with Gasteiger partial charge in [0.2, 0.25) is 17.7 Å². The van der Waals surface area contributed by atoms with E-state index in [1.54, 1.807) is 13.8 Å². The van der Waals surface area contributed by atoms with E-state index < -0.39 is 60.2 Å². The highest BCUT2D eigenvalue weighted by molar-refractivity contribution is 5.95. The molecular weight excluding hydrogens is 448 g/mol. The van der Waals surface area contributed by atoms with E-state index in [2.05, 4.69) is 16.0 Å². The Balaban J connectivity index is 3.01. The Bertz CT molecular complexity index is 885. The van der Waals surface area contributed by atoms with Gasteiger partial charge in [0.05, 0.1) is 12.5 Å². The quantitative estimate of drug-likeness (QED) is 0.191. The molecule has 0 saturated carbocycles. The Labute approximate surface area is 196 Å². The number of phenols is 1. The van der Waals surface area contributed by atoms with Crippen LogP contribution in [-0.4, -0.2) is 69.1 Å². The van der Waals surface area contributed by atoms with Gasteiger partial charge >= 0.3 is 11.9 Å². The number of phenolic OH excluding ortho intramolecular Hbond substituents is 1. The first-order valence-electron chi connectivity index (χ1n) is 10.7. The summed E-state index contributed by atoms with van der Waals surface area (Å²) in [5, 5.41) is 35.1. The fourth-order valence-electron chi connectivity index (χ4n) is 3.00. The molecule has 1 rings (SSSR count). The SMILES string of the molecule is CC(C)CC(NC(=O)C(CC(=O)O)NC(=O)C(C)N)C(=O)NC(Cc1ccc(O)cc1)C(=O)O. The molecule has 188 valence electrons. The average molecular weight is 481 g/mol. The van der Waals surface area contributed by atoms with E-state index >= 15 is 0 Å². The van der Waals surface area contributed by atoms with Crippen LogP contribution in [0.2, 0.25) is 0 Å². The minimum absolute atomic E-state index is 0.00593. The lowest BCUT2D eigenvalue weighted by Gasteiger charge is -2.25. The number of carboxylic acids is 2. The van der Waals surface area contributed by atoms with Gasteiger partial charge in [-0.2, -0.15) is 0 Å². The van der Waals surface area contributed by atoms with Gasteiger partial charge in [-0.05, 0) is 37.0 Å². The van der Waals surface area contributed by atoms with Crippen molar-refractivity contribution in [2.45, 2.75) is 64.2 Å². The monoisotopic (exact) mass is 480 g/mol. The molecular formula is C22H32N4O8. The third-order valence-corrected chi connectivity index (χ3v) is 4.76. The second-order valence-corrected chi connectivity index (χ2v) is 8.41. The Morgan fingerprint density at radius 1 is 0.824 bits per heavy atom. The summed E-state index contributed by atoms with van der Waals surface area (Å²) in [5.74, 6) is -5.17. The predicted octanol–water partition coefficient (Wildman–Crippen LogP) is -0.658. The number of carbonyl (C=O) groups excluding carboxylic acids is 3. The first-order chi connectivity index (χ1) is 15.8. The smallest absolute Gasteiger partial charge is 0.326 e. The standard InChI is InChI=1S/C22H32N4O8/c1-11(2)8-15(25-21(32)16(10-18(28)29)24-19(30)12(3)23)20(31)26-17(22(33)34)9-13-4-6-14(27)7-5-13/h4-7,11-12,15-17,27H,8-10,23H2,1-3H3,(H,24,30)(H,25,32)(H,26,31)(H,28,29)(H,33,34). The molecule has 1 aromatic rings. The molecule has 12 nitrogen and oxygen atoms in total. The fourth-order valence-corrected chi connectivity index (χ4v) is 3.00. The topological polar surface area (TPSA) is 208 Å². The number of nitrogens with one attached hydrogen (secondary N) is 3. The molecule has 0 bridgehead atoms. The fraction of sp³-hybridized carbons (Fsp3) is 0.500. The molecule has 0 saturated heterocycles. The van der Waals surface area contributed by atoms with Gasteiger partial charge in [0.25, 0.3) is 0 Å². The van der Waals surface area contributed by atoms with Crippen molar-refractivity contribution in [2.75, 3.05) is 0 Å². The van der Waals surface area contributed by atoms with Crippen molar-refractivity contribution in [3.63, 3.8) is 0 Å². The summed E-state index contributed by atoms with van der Waals surface area (Å²) in [6, 6.07) is 0.827. The van der Waals surface area contributed by atoms with Crippen molar-refractivity contribution in [3.8, 4) is 5.75 Å². The summed E-state index contributed by atoms with van der Waals surface area (Å²) in [7, 11) is 0. The van der Waals surface area contributed by atoms with Gasteiger partial charge in [-0.1, -0.05) is 26.0 Å². The molecule has 4 unspecified atom stereocenters. The van der Waals surface area contributed by atoms with Crippen LogP contribution in [0.3, 0.4) is 0 Å². The average Bonchev–Trinajstić information content (AvgIpc) is 2.72. The van der Waals surface area contributed by atoms with Gasteiger partial charge in [0.1, 0.15) is 23.9 Å². The minimum atomic E-state index is -1.48. The predicted molar refractivity (Wildman–Crippen MR) is 121 cm³/mol. The second-order valence-electron chi connectivity index (χ2n) is 8.41. The largest absolute Gasteiger partial charge is 0.508 e. The van der Waals surface area contributed by atoms with Crippen LogP contribution in [0, 0.1) is 5.92 Å². The van der Waals surface area contributed by atoms with Crippen LogP contribution in [0.25, 0.3) is 0 Å². The number of hydrogen-bond donors (Lipinski definition) is 7. The molecule has 0 fully saturated rings. The first-order valence-corrected chi connectivity index (χ1v) is 10.7. The van der Waals surface area contributed by atoms with Crippen molar-refractivity contribution in [1.82, 2.24) is 16.0 Å². The molecule has 0 aromatic heterocycles. The summed E-state index contributed by atoms with van der Waals surface area (Å²) >= 11 is 0. The van der Waals surface area contributed by atoms with E-state index in [-0.39, 0.29) is 24.5 Å². The number of aromatic hydroxyl groups is 1. The van der Waals surface area contributed by atoms with Gasteiger partial charge in [-0.3, -0.25) is 19.2 Å². The van der Waals surface area contributed by atoms with Crippen LogP contribution in [0.5, 0.6) is 5.75 Å². The molecule has 0 aliphatic heterocycles. The summed E-state index contributed by atoms with van der Waals surface area (Å²) in [6.45, 7) is 4.93. The highest BCUT2D eigenvalue weighted by atomic mass is 16.4. The van der Waals surface area contributed by atoms with E-state index in [1.165, 1.54) is 31.2 Å². The van der Waals surface area contributed by atoms with Gasteiger partial charge in [0, 0.05) is 6.42 Å². The summed E-state index contributed by atoms with van der Waals surface area (Å²) in [4.78, 5) is 60.4. The van der Waals surface area contributed by atoms with Crippen LogP contribution < -0.4 is 21.7 Å².